The van der Waals surface area contributed by atoms with Gasteiger partial charge in [0, 0.05) is 20.4 Å². The van der Waals surface area contributed by atoms with Gasteiger partial charge in [-0.15, -0.1) is 0 Å². The Morgan fingerprint density at radius 3 is 0.343 bits per heavy atom. The van der Waals surface area contributed by atoms with Gasteiger partial charge in [0.1, 0.15) is 0 Å². The number of benzene rings is 9. The molecule has 340 valence electrons. The Bertz CT molecular complexity index is 2380. The van der Waals surface area contributed by atoms with Crippen LogP contribution < -0.4 is 47.7 Å². The topological polar surface area (TPSA) is 0 Å². The van der Waals surface area contributed by atoms with E-state index in [4.69, 9.17) is 0 Å². The number of aryl methyl sites for hydroxylation is 9. The van der Waals surface area contributed by atoms with E-state index in [0.29, 0.717) is 0 Å². The summed E-state index contributed by atoms with van der Waals surface area (Å²) in [6.45, 7) is 20.0. The van der Waals surface area contributed by atoms with E-state index in [1.807, 2.05) is 0 Å². The molecule has 0 saturated carbocycles. The molecule has 0 N–H and O–H groups in total. The average molecular weight is 1020 g/mol. The molecule has 0 aliphatic carbocycles. The minimum Gasteiger partial charge on any atom is -0.0620 e. The Labute approximate surface area is 419 Å². The molecule has 4 heteroatoms. The van der Waals surface area contributed by atoms with Crippen LogP contribution in [0.5, 0.6) is 0 Å². The van der Waals surface area contributed by atoms with E-state index in [9.17, 15) is 0 Å². The fourth-order valence-electron chi connectivity index (χ4n) is 8.50. The smallest absolute Gasteiger partial charge is 0 e. The van der Waals surface area contributed by atoms with Crippen LogP contribution >= 0.6 is 23.8 Å². The molecule has 9 aromatic rings. The van der Waals surface area contributed by atoms with Crippen molar-refractivity contribution >= 4 is 71.5 Å². The first-order chi connectivity index (χ1) is 32.0. The number of rotatable bonds is 9. The van der Waals surface area contributed by atoms with Gasteiger partial charge in [-0.25, -0.2) is 0 Å². The van der Waals surface area contributed by atoms with Crippen molar-refractivity contribution in [2.75, 3.05) is 0 Å². The summed E-state index contributed by atoms with van der Waals surface area (Å²) >= 11 is 0. The van der Waals surface area contributed by atoms with E-state index >= 15 is 0 Å². The summed E-state index contributed by atoms with van der Waals surface area (Å²) in [5, 5.41) is 13.1. The van der Waals surface area contributed by atoms with Crippen LogP contribution in [0, 0.1) is 62.3 Å². The van der Waals surface area contributed by atoms with Gasteiger partial charge < -0.3 is 0 Å². The van der Waals surface area contributed by atoms with Gasteiger partial charge in [-0.1, -0.05) is 218 Å². The van der Waals surface area contributed by atoms with Crippen molar-refractivity contribution in [2.24, 2.45) is 0 Å². The van der Waals surface area contributed by atoms with E-state index in [1.165, 1.54) is 97.8 Å². The third-order valence-electron chi connectivity index (χ3n) is 12.2. The predicted octanol–water partition coefficient (Wildman–Crippen LogP) is 13.1. The molecule has 0 fully saturated rings. The maximum Gasteiger partial charge on any atom is 0 e. The molecule has 0 unspecified atom stereocenters. The van der Waals surface area contributed by atoms with Gasteiger partial charge in [0.2, 0.25) is 0 Å². The third-order valence-corrected chi connectivity index (χ3v) is 21.1. The Hall–Kier alpha value is -5.07. The van der Waals surface area contributed by atoms with Gasteiger partial charge in [0.25, 0.3) is 0 Å². The molecule has 0 nitrogen and oxygen atoms in total. The van der Waals surface area contributed by atoms with E-state index in [0.717, 1.165) is 0 Å². The molecule has 0 heterocycles. The zero-order valence-corrected chi connectivity index (χ0v) is 44.7. The quantitative estimate of drug-likeness (QED) is 0.0998. The van der Waals surface area contributed by atoms with Gasteiger partial charge in [-0.2, -0.15) is 0 Å². The molecule has 0 spiro atoms. The molecule has 9 aromatic carbocycles. The van der Waals surface area contributed by atoms with Crippen molar-refractivity contribution in [2.45, 2.75) is 62.3 Å². The van der Waals surface area contributed by atoms with Crippen LogP contribution in [0.15, 0.2) is 218 Å². The molecule has 0 atom stereocenters. The number of hydrogen-bond donors (Lipinski definition) is 0. The second kappa shape index (κ2) is 24.8. The first kappa shape index (κ1) is 51.3. The molecule has 0 bridgehead atoms. The molecule has 0 radical (unpaired) electrons. The van der Waals surface area contributed by atoms with Crippen molar-refractivity contribution in [3.05, 3.63) is 268 Å². The summed E-state index contributed by atoms with van der Waals surface area (Å²) in [6.07, 6.45) is 0. The zero-order valence-electron chi connectivity index (χ0n) is 40.4. The monoisotopic (exact) mass is 1020 g/mol. The Morgan fingerprint density at radius 1 is 0.164 bits per heavy atom. The summed E-state index contributed by atoms with van der Waals surface area (Å²) in [5.41, 5.74) is 12.4. The van der Waals surface area contributed by atoms with Crippen LogP contribution in [-0.4, -0.2) is 0 Å². The molecule has 0 saturated heterocycles. The molecule has 67 heavy (non-hydrogen) atoms. The van der Waals surface area contributed by atoms with Crippen molar-refractivity contribution in [1.82, 2.24) is 0 Å². The molecule has 0 aromatic heterocycles. The van der Waals surface area contributed by atoms with Crippen LogP contribution in [0.25, 0.3) is 0 Å². The van der Waals surface area contributed by atoms with E-state index in [1.54, 1.807) is 0 Å². The summed E-state index contributed by atoms with van der Waals surface area (Å²) in [7, 11) is -1.53. The standard InChI is InChI=1S/3C21H21P.Pd/c3*1-16-10-4-7-13-19(16)22(20-14-8-5-11-17(20)2)21-15-9-6-12-18(21)3;/h3*4-15H,1-3H3;. The maximum atomic E-state index is 2.29. The molecular formula is C63H63P3Pd. The molecular weight excluding hydrogens is 956 g/mol. The van der Waals surface area contributed by atoms with Gasteiger partial charge in [-0.05, 0) is 184 Å². The van der Waals surface area contributed by atoms with Crippen LogP contribution in [0.4, 0.5) is 0 Å². The van der Waals surface area contributed by atoms with Gasteiger partial charge in [0.05, 0.1) is 0 Å². The Kier molecular flexibility index (Phi) is 19.0. The van der Waals surface area contributed by atoms with Crippen molar-refractivity contribution in [3.63, 3.8) is 0 Å². The summed E-state index contributed by atoms with van der Waals surface area (Å²) < 4.78 is 0. The molecule has 0 amide bonds. The third kappa shape index (κ3) is 12.5. The zero-order chi connectivity index (χ0) is 46.6. The fraction of sp³-hybridized carbons (Fsp3) is 0.143. The van der Waals surface area contributed by atoms with E-state index < -0.39 is 23.8 Å². The second-order valence-corrected chi connectivity index (χ2v) is 23.4. The first-order valence-corrected chi connectivity index (χ1v) is 27.0. The first-order valence-electron chi connectivity index (χ1n) is 23.0. The van der Waals surface area contributed by atoms with Crippen molar-refractivity contribution < 1.29 is 20.4 Å². The van der Waals surface area contributed by atoms with Crippen molar-refractivity contribution in [3.8, 4) is 0 Å². The summed E-state index contributed by atoms with van der Waals surface area (Å²) in [4.78, 5) is 0. The minimum absolute atomic E-state index is 0. The fourth-order valence-corrected chi connectivity index (χ4v) is 16.8. The number of hydrogen-bond acceptors (Lipinski definition) is 0. The van der Waals surface area contributed by atoms with Crippen LogP contribution in [0.3, 0.4) is 0 Å². The normalized spacial score (nSPS) is 10.7. The largest absolute Gasteiger partial charge is 0.0620 e. The molecule has 9 rings (SSSR count). The summed E-state index contributed by atoms with van der Waals surface area (Å²) in [5.74, 6) is 0. The van der Waals surface area contributed by atoms with E-state index in [-0.39, 0.29) is 20.4 Å². The van der Waals surface area contributed by atoms with Gasteiger partial charge in [0.15, 0.2) is 0 Å². The van der Waals surface area contributed by atoms with Crippen LogP contribution in [-0.2, 0) is 20.4 Å². The average Bonchev–Trinajstić information content (AvgIpc) is 3.32. The second-order valence-electron chi connectivity index (χ2n) is 17.1. The molecule has 0 aliphatic rings. The van der Waals surface area contributed by atoms with Gasteiger partial charge >= 0.3 is 0 Å². The maximum absolute atomic E-state index is 2.29. The van der Waals surface area contributed by atoms with Crippen LogP contribution in [0.2, 0.25) is 0 Å². The summed E-state index contributed by atoms with van der Waals surface area (Å²) in [6, 6.07) is 79.2. The molecule has 0 aliphatic heterocycles. The van der Waals surface area contributed by atoms with Crippen LogP contribution in [0.1, 0.15) is 50.1 Å². The predicted molar refractivity (Wildman–Crippen MR) is 298 cm³/mol. The van der Waals surface area contributed by atoms with E-state index in [2.05, 4.69) is 281 Å². The Morgan fingerprint density at radius 2 is 0.254 bits per heavy atom. The SMILES string of the molecule is Cc1ccccc1P(c1ccccc1C)c1ccccc1C.Cc1ccccc1P(c1ccccc1C)c1ccccc1C.Cc1ccccc1P(c1ccccc1C)c1ccccc1C.[Pd]. The van der Waals surface area contributed by atoms with Crippen molar-refractivity contribution in [1.29, 1.82) is 0 Å². The Balaban J connectivity index is 0.000000165. The van der Waals surface area contributed by atoms with Gasteiger partial charge in [-0.3, -0.25) is 0 Å². The minimum atomic E-state index is -0.508.